The van der Waals surface area contributed by atoms with Crippen LogP contribution in [0, 0.1) is 6.92 Å². The van der Waals surface area contributed by atoms with E-state index in [1.165, 1.54) is 5.06 Å². The summed E-state index contributed by atoms with van der Waals surface area (Å²) in [4.78, 5) is 22.6. The first-order valence-corrected chi connectivity index (χ1v) is 8.73. The lowest BCUT2D eigenvalue weighted by molar-refractivity contribution is -0.172. The lowest BCUT2D eigenvalue weighted by atomic mass is 10.1. The van der Waals surface area contributed by atoms with Gasteiger partial charge in [0.25, 0.3) is 5.91 Å². The van der Waals surface area contributed by atoms with E-state index in [0.29, 0.717) is 25.1 Å². The topological polar surface area (TPSA) is 51.7 Å². The molecule has 1 amide bonds. The van der Waals surface area contributed by atoms with Crippen molar-refractivity contribution in [1.29, 1.82) is 0 Å². The van der Waals surface area contributed by atoms with Gasteiger partial charge in [-0.05, 0) is 31.2 Å². The maximum Gasteiger partial charge on any atom is 0.277 e. The fourth-order valence-electron chi connectivity index (χ4n) is 3.11. The lowest BCUT2D eigenvalue weighted by Crippen LogP contribution is -2.43. The van der Waals surface area contributed by atoms with E-state index in [1.54, 1.807) is 12.1 Å². The first-order valence-electron chi connectivity index (χ1n) is 8.73. The van der Waals surface area contributed by atoms with Crippen LogP contribution in [0.1, 0.15) is 22.5 Å². The Morgan fingerprint density at radius 1 is 1.15 bits per heavy atom. The van der Waals surface area contributed by atoms with Crippen molar-refractivity contribution >= 4 is 16.8 Å². The van der Waals surface area contributed by atoms with Gasteiger partial charge in [0, 0.05) is 29.1 Å². The maximum atomic E-state index is 12.4. The first-order chi connectivity index (χ1) is 12.7. The van der Waals surface area contributed by atoms with E-state index >= 15 is 0 Å². The third kappa shape index (κ3) is 3.39. The number of ether oxygens (including phenoxy) is 1. The monoisotopic (exact) mass is 348 g/mol. The Morgan fingerprint density at radius 2 is 1.92 bits per heavy atom. The van der Waals surface area contributed by atoms with Crippen molar-refractivity contribution in [2.75, 3.05) is 13.2 Å². The van der Waals surface area contributed by atoms with Gasteiger partial charge >= 0.3 is 0 Å². The standard InChI is InChI=1S/C21H20N2O3/c1-15-13-20(18-9-5-6-10-19(18)22-15)26-17-11-12-23(25-14-17)21(24)16-7-3-2-4-8-16/h2-10,13,17H,11-12,14H2,1H3. The number of hydroxylamine groups is 2. The summed E-state index contributed by atoms with van der Waals surface area (Å²) in [5.74, 6) is 0.693. The largest absolute Gasteiger partial charge is 0.487 e. The molecule has 1 saturated heterocycles. The number of pyridine rings is 1. The Morgan fingerprint density at radius 3 is 2.69 bits per heavy atom. The molecule has 26 heavy (non-hydrogen) atoms. The van der Waals surface area contributed by atoms with Crippen LogP contribution in [0.3, 0.4) is 0 Å². The van der Waals surface area contributed by atoms with Crippen molar-refractivity contribution in [3.8, 4) is 5.75 Å². The van der Waals surface area contributed by atoms with E-state index in [1.807, 2.05) is 55.5 Å². The van der Waals surface area contributed by atoms with Gasteiger partial charge in [0.1, 0.15) is 18.5 Å². The number of benzene rings is 2. The van der Waals surface area contributed by atoms with Gasteiger partial charge in [0.05, 0.1) is 12.1 Å². The molecule has 3 aromatic rings. The molecule has 1 aliphatic heterocycles. The number of hydrogen-bond acceptors (Lipinski definition) is 4. The number of rotatable bonds is 3. The van der Waals surface area contributed by atoms with Crippen LogP contribution >= 0.6 is 0 Å². The highest BCUT2D eigenvalue weighted by molar-refractivity contribution is 5.93. The van der Waals surface area contributed by atoms with Crippen molar-refractivity contribution < 1.29 is 14.4 Å². The number of aryl methyl sites for hydroxylation is 1. The fourth-order valence-corrected chi connectivity index (χ4v) is 3.11. The highest BCUT2D eigenvalue weighted by Crippen LogP contribution is 2.27. The van der Waals surface area contributed by atoms with Crippen molar-refractivity contribution in [3.05, 3.63) is 71.9 Å². The Hall–Kier alpha value is -2.92. The zero-order valence-electron chi connectivity index (χ0n) is 14.6. The van der Waals surface area contributed by atoms with Crippen LogP contribution in [0.15, 0.2) is 60.7 Å². The van der Waals surface area contributed by atoms with E-state index in [2.05, 4.69) is 4.98 Å². The third-order valence-electron chi connectivity index (χ3n) is 4.42. The summed E-state index contributed by atoms with van der Waals surface area (Å²) < 4.78 is 6.18. The predicted octanol–water partition coefficient (Wildman–Crippen LogP) is 3.77. The smallest absolute Gasteiger partial charge is 0.277 e. The second kappa shape index (κ2) is 7.14. The Bertz CT molecular complexity index is 919. The molecule has 132 valence electrons. The molecule has 0 bridgehead atoms. The molecule has 4 rings (SSSR count). The van der Waals surface area contributed by atoms with Crippen LogP contribution in [0.5, 0.6) is 5.75 Å². The summed E-state index contributed by atoms with van der Waals surface area (Å²) in [5.41, 5.74) is 2.46. The minimum Gasteiger partial charge on any atom is -0.487 e. The van der Waals surface area contributed by atoms with Gasteiger partial charge in [-0.3, -0.25) is 14.6 Å². The van der Waals surface area contributed by atoms with Crippen molar-refractivity contribution in [2.45, 2.75) is 19.4 Å². The van der Waals surface area contributed by atoms with E-state index in [9.17, 15) is 4.79 Å². The van der Waals surface area contributed by atoms with E-state index in [0.717, 1.165) is 22.3 Å². The molecular formula is C21H20N2O3. The van der Waals surface area contributed by atoms with Gasteiger partial charge in [-0.15, -0.1) is 0 Å². The first kappa shape index (κ1) is 16.5. The fraction of sp³-hybridized carbons (Fsp3) is 0.238. The molecule has 0 aliphatic carbocycles. The van der Waals surface area contributed by atoms with Crippen LogP contribution in [-0.4, -0.2) is 35.2 Å². The van der Waals surface area contributed by atoms with Crippen molar-refractivity contribution in [3.63, 3.8) is 0 Å². The third-order valence-corrected chi connectivity index (χ3v) is 4.42. The van der Waals surface area contributed by atoms with Crippen LogP contribution in [0.25, 0.3) is 10.9 Å². The number of hydrogen-bond donors (Lipinski definition) is 0. The lowest BCUT2D eigenvalue weighted by Gasteiger charge is -2.31. The summed E-state index contributed by atoms with van der Waals surface area (Å²) >= 11 is 0. The molecule has 5 nitrogen and oxygen atoms in total. The van der Waals surface area contributed by atoms with Gasteiger partial charge < -0.3 is 4.74 Å². The second-order valence-electron chi connectivity index (χ2n) is 6.38. The SMILES string of the molecule is Cc1cc(OC2CCN(C(=O)c3ccccc3)OC2)c2ccccc2n1. The average molecular weight is 348 g/mol. The Balaban J connectivity index is 1.44. The molecule has 0 spiro atoms. The van der Waals surface area contributed by atoms with Crippen LogP contribution in [0.4, 0.5) is 0 Å². The van der Waals surface area contributed by atoms with Crippen LogP contribution < -0.4 is 4.74 Å². The van der Waals surface area contributed by atoms with E-state index < -0.39 is 0 Å². The van der Waals surface area contributed by atoms with Gasteiger partial charge in [-0.25, -0.2) is 5.06 Å². The minimum atomic E-state index is -0.116. The molecule has 1 fully saturated rings. The molecule has 1 atom stereocenters. The van der Waals surface area contributed by atoms with Crippen LogP contribution in [0.2, 0.25) is 0 Å². The zero-order chi connectivity index (χ0) is 17.9. The molecule has 0 radical (unpaired) electrons. The zero-order valence-corrected chi connectivity index (χ0v) is 14.6. The summed E-state index contributed by atoms with van der Waals surface area (Å²) in [7, 11) is 0. The van der Waals surface area contributed by atoms with Gasteiger partial charge in [-0.2, -0.15) is 0 Å². The normalized spacial score (nSPS) is 17.3. The van der Waals surface area contributed by atoms with E-state index in [-0.39, 0.29) is 12.0 Å². The number of amides is 1. The molecule has 0 N–H and O–H groups in total. The molecule has 1 aliphatic rings. The Labute approximate surface area is 152 Å². The molecule has 0 saturated carbocycles. The predicted molar refractivity (Wildman–Crippen MR) is 98.9 cm³/mol. The summed E-state index contributed by atoms with van der Waals surface area (Å²) in [6, 6.07) is 19.0. The number of carbonyl (C=O) groups is 1. The highest BCUT2D eigenvalue weighted by Gasteiger charge is 2.26. The summed E-state index contributed by atoms with van der Waals surface area (Å²) in [6.07, 6.45) is 0.619. The number of aromatic nitrogens is 1. The van der Waals surface area contributed by atoms with Crippen molar-refractivity contribution in [2.24, 2.45) is 0 Å². The summed E-state index contributed by atoms with van der Waals surface area (Å²) in [6.45, 7) is 2.80. The average Bonchev–Trinajstić information content (AvgIpc) is 2.68. The van der Waals surface area contributed by atoms with Gasteiger partial charge in [0.2, 0.25) is 0 Å². The molecule has 1 unspecified atom stereocenters. The second-order valence-corrected chi connectivity index (χ2v) is 6.38. The number of carbonyl (C=O) groups excluding carboxylic acids is 1. The number of fused-ring (bicyclic) bond motifs is 1. The number of para-hydroxylation sites is 1. The molecular weight excluding hydrogens is 328 g/mol. The van der Waals surface area contributed by atoms with Crippen LogP contribution in [-0.2, 0) is 4.84 Å². The molecule has 1 aromatic heterocycles. The highest BCUT2D eigenvalue weighted by atomic mass is 16.7. The Kier molecular flexibility index (Phi) is 4.54. The maximum absolute atomic E-state index is 12.4. The van der Waals surface area contributed by atoms with Gasteiger partial charge in [-0.1, -0.05) is 30.3 Å². The van der Waals surface area contributed by atoms with Gasteiger partial charge in [0.15, 0.2) is 0 Å². The summed E-state index contributed by atoms with van der Waals surface area (Å²) in [5, 5.41) is 2.41. The van der Waals surface area contributed by atoms with E-state index in [4.69, 9.17) is 9.57 Å². The number of nitrogens with zero attached hydrogens (tertiary/aromatic N) is 2. The molecule has 2 heterocycles. The van der Waals surface area contributed by atoms with Crippen molar-refractivity contribution in [1.82, 2.24) is 10.0 Å². The minimum absolute atomic E-state index is 0.0972. The quantitative estimate of drug-likeness (QED) is 0.723. The molecule has 5 heteroatoms. The molecule has 2 aromatic carbocycles.